The van der Waals surface area contributed by atoms with Gasteiger partial charge in [-0.05, 0) is 11.6 Å². The fraction of sp³-hybridized carbons (Fsp3) is 0.364. The number of hydrogen-bond donors (Lipinski definition) is 1. The Bertz CT molecular complexity index is 574. The number of hydrogen-bond acceptors (Lipinski definition) is 4. The average Bonchev–Trinajstić information content (AvgIpc) is 2.93. The molecular formula is C11H9F2NO5. The Kier molecular flexibility index (Phi) is 2.69. The highest BCUT2D eigenvalue weighted by Crippen LogP contribution is 2.62. The second-order valence-electron chi connectivity index (χ2n) is 4.24. The molecule has 0 bridgehead atoms. The van der Waals surface area contributed by atoms with Gasteiger partial charge in [0.15, 0.2) is 11.2 Å². The van der Waals surface area contributed by atoms with Crippen LogP contribution in [0.15, 0.2) is 18.2 Å². The first kappa shape index (κ1) is 13.2. The van der Waals surface area contributed by atoms with Gasteiger partial charge < -0.3 is 9.84 Å². The van der Waals surface area contributed by atoms with Crippen molar-refractivity contribution in [2.75, 3.05) is 7.11 Å². The van der Waals surface area contributed by atoms with Crippen molar-refractivity contribution in [3.8, 4) is 5.75 Å². The standard InChI is InChI=1S/C11H9F2NO5/c1-19-8-4-6(2-3-7(8)14(17)18)10(9(15)16)5-11(10,12)13/h2-4H,5H2,1H3,(H,15,16). The molecule has 8 heteroatoms. The van der Waals surface area contributed by atoms with Gasteiger partial charge in [-0.2, -0.15) is 0 Å². The van der Waals surface area contributed by atoms with E-state index in [1.54, 1.807) is 0 Å². The van der Waals surface area contributed by atoms with Gasteiger partial charge in [0, 0.05) is 12.5 Å². The Balaban J connectivity index is 2.54. The molecule has 1 aromatic carbocycles. The van der Waals surface area contributed by atoms with Gasteiger partial charge in [0.05, 0.1) is 12.0 Å². The number of rotatable bonds is 4. The summed E-state index contributed by atoms with van der Waals surface area (Å²) in [5, 5.41) is 19.7. The molecule has 102 valence electrons. The van der Waals surface area contributed by atoms with Crippen LogP contribution in [0.1, 0.15) is 12.0 Å². The van der Waals surface area contributed by atoms with E-state index in [9.17, 15) is 23.7 Å². The number of ether oxygens (including phenoxy) is 1. The second kappa shape index (κ2) is 3.87. The van der Waals surface area contributed by atoms with E-state index in [1.165, 1.54) is 0 Å². The van der Waals surface area contributed by atoms with Crippen molar-refractivity contribution in [2.45, 2.75) is 17.8 Å². The van der Waals surface area contributed by atoms with Crippen molar-refractivity contribution in [3.05, 3.63) is 33.9 Å². The minimum Gasteiger partial charge on any atom is -0.490 e. The van der Waals surface area contributed by atoms with E-state index in [0.717, 1.165) is 25.3 Å². The smallest absolute Gasteiger partial charge is 0.320 e. The summed E-state index contributed by atoms with van der Waals surface area (Å²) in [6, 6.07) is 2.97. The first-order valence-corrected chi connectivity index (χ1v) is 5.20. The molecule has 1 atom stereocenters. The topological polar surface area (TPSA) is 89.7 Å². The zero-order valence-electron chi connectivity index (χ0n) is 9.72. The van der Waals surface area contributed by atoms with Gasteiger partial charge >= 0.3 is 11.7 Å². The van der Waals surface area contributed by atoms with E-state index in [-0.39, 0.29) is 11.3 Å². The van der Waals surface area contributed by atoms with Crippen LogP contribution in [-0.2, 0) is 10.2 Å². The summed E-state index contributed by atoms with van der Waals surface area (Å²) in [6.07, 6.45) is -0.823. The van der Waals surface area contributed by atoms with Crippen LogP contribution in [0.5, 0.6) is 5.75 Å². The molecule has 0 spiro atoms. The molecule has 0 amide bonds. The predicted molar refractivity (Wildman–Crippen MR) is 58.5 cm³/mol. The SMILES string of the molecule is COc1cc(C2(C(=O)O)CC2(F)F)ccc1[N+](=O)[O-]. The van der Waals surface area contributed by atoms with Crippen LogP contribution >= 0.6 is 0 Å². The van der Waals surface area contributed by atoms with Crippen LogP contribution < -0.4 is 4.74 Å². The maximum Gasteiger partial charge on any atom is 0.320 e. The van der Waals surface area contributed by atoms with Crippen molar-refractivity contribution in [2.24, 2.45) is 0 Å². The highest BCUT2D eigenvalue weighted by atomic mass is 19.3. The summed E-state index contributed by atoms with van der Waals surface area (Å²) in [4.78, 5) is 21.0. The molecule has 1 aliphatic carbocycles. The molecule has 1 aliphatic rings. The van der Waals surface area contributed by atoms with Gasteiger partial charge in [-0.3, -0.25) is 14.9 Å². The molecule has 1 unspecified atom stereocenters. The molecule has 2 rings (SSSR count). The van der Waals surface area contributed by atoms with Gasteiger partial charge in [-0.25, -0.2) is 8.78 Å². The summed E-state index contributed by atoms with van der Waals surface area (Å²) in [7, 11) is 1.14. The molecule has 1 fully saturated rings. The molecular weight excluding hydrogens is 264 g/mol. The third-order valence-corrected chi connectivity index (χ3v) is 3.22. The minimum absolute atomic E-state index is 0.201. The first-order valence-electron chi connectivity index (χ1n) is 5.20. The number of methoxy groups -OCH3 is 1. The number of benzene rings is 1. The number of halogens is 2. The van der Waals surface area contributed by atoms with Crippen LogP contribution in [0.2, 0.25) is 0 Å². The van der Waals surface area contributed by atoms with E-state index in [4.69, 9.17) is 9.84 Å². The number of alkyl halides is 2. The number of nitro groups is 1. The van der Waals surface area contributed by atoms with Gasteiger partial charge in [0.2, 0.25) is 0 Å². The number of carbonyl (C=O) groups is 1. The van der Waals surface area contributed by atoms with Crippen LogP contribution in [0, 0.1) is 10.1 Å². The molecule has 6 nitrogen and oxygen atoms in total. The monoisotopic (exact) mass is 273 g/mol. The van der Waals surface area contributed by atoms with E-state index in [0.29, 0.717) is 0 Å². The first-order chi connectivity index (χ1) is 8.76. The van der Waals surface area contributed by atoms with E-state index in [1.807, 2.05) is 0 Å². The third kappa shape index (κ3) is 1.71. The molecule has 19 heavy (non-hydrogen) atoms. The zero-order chi connectivity index (χ0) is 14.4. The van der Waals surface area contributed by atoms with E-state index < -0.39 is 34.3 Å². The summed E-state index contributed by atoms with van der Waals surface area (Å²) in [6.45, 7) is 0. The Hall–Kier alpha value is -2.25. The van der Waals surface area contributed by atoms with Gasteiger partial charge in [0.1, 0.15) is 0 Å². The van der Waals surface area contributed by atoms with E-state index >= 15 is 0 Å². The number of aliphatic carboxylic acids is 1. The Labute approximate surface area is 105 Å². The van der Waals surface area contributed by atoms with Crippen molar-refractivity contribution in [1.82, 2.24) is 0 Å². The molecule has 0 aromatic heterocycles. The Morgan fingerprint density at radius 3 is 2.47 bits per heavy atom. The largest absolute Gasteiger partial charge is 0.490 e. The van der Waals surface area contributed by atoms with Crippen molar-refractivity contribution in [3.63, 3.8) is 0 Å². The van der Waals surface area contributed by atoms with Crippen molar-refractivity contribution >= 4 is 11.7 Å². The Morgan fingerprint density at radius 1 is 1.53 bits per heavy atom. The fourth-order valence-electron chi connectivity index (χ4n) is 2.05. The van der Waals surface area contributed by atoms with Crippen LogP contribution in [0.25, 0.3) is 0 Å². The van der Waals surface area contributed by atoms with Gasteiger partial charge in [-0.15, -0.1) is 0 Å². The number of nitrogens with zero attached hydrogens (tertiary/aromatic N) is 1. The number of nitro benzene ring substituents is 1. The minimum atomic E-state index is -3.36. The zero-order valence-corrected chi connectivity index (χ0v) is 9.72. The molecule has 1 saturated carbocycles. The normalized spacial score (nSPS) is 23.7. The lowest BCUT2D eigenvalue weighted by atomic mass is 9.95. The lowest BCUT2D eigenvalue weighted by Crippen LogP contribution is -2.27. The maximum atomic E-state index is 13.3. The van der Waals surface area contributed by atoms with Crippen molar-refractivity contribution < 1.29 is 28.3 Å². The van der Waals surface area contributed by atoms with E-state index in [2.05, 4.69) is 0 Å². The molecule has 1 aromatic rings. The lowest BCUT2D eigenvalue weighted by Gasteiger charge is -2.12. The van der Waals surface area contributed by atoms with Gasteiger partial charge in [-0.1, -0.05) is 6.07 Å². The summed E-state index contributed by atoms with van der Waals surface area (Å²) in [5.41, 5.74) is -2.92. The Morgan fingerprint density at radius 2 is 2.11 bits per heavy atom. The lowest BCUT2D eigenvalue weighted by molar-refractivity contribution is -0.385. The molecule has 1 N–H and O–H groups in total. The highest BCUT2D eigenvalue weighted by molar-refractivity contribution is 5.88. The fourth-order valence-corrected chi connectivity index (χ4v) is 2.05. The van der Waals surface area contributed by atoms with Crippen LogP contribution in [-0.4, -0.2) is 29.0 Å². The molecule has 0 radical (unpaired) electrons. The quantitative estimate of drug-likeness (QED) is 0.669. The molecule has 0 aliphatic heterocycles. The summed E-state index contributed by atoms with van der Waals surface area (Å²) < 4.78 is 31.4. The van der Waals surface area contributed by atoms with Crippen molar-refractivity contribution in [1.29, 1.82) is 0 Å². The third-order valence-electron chi connectivity index (χ3n) is 3.22. The second-order valence-corrected chi connectivity index (χ2v) is 4.24. The number of carboxylic acids is 1. The van der Waals surface area contributed by atoms with Crippen LogP contribution in [0.4, 0.5) is 14.5 Å². The summed E-state index contributed by atoms with van der Waals surface area (Å²) >= 11 is 0. The van der Waals surface area contributed by atoms with Crippen LogP contribution in [0.3, 0.4) is 0 Å². The average molecular weight is 273 g/mol. The molecule has 0 saturated heterocycles. The highest BCUT2D eigenvalue weighted by Gasteiger charge is 2.77. The number of carboxylic acid groups (broad SMARTS) is 1. The predicted octanol–water partition coefficient (Wildman–Crippen LogP) is 1.96. The summed E-state index contributed by atoms with van der Waals surface area (Å²) in [5.74, 6) is -5.26. The molecule has 0 heterocycles. The maximum absolute atomic E-state index is 13.3. The van der Waals surface area contributed by atoms with Gasteiger partial charge in [0.25, 0.3) is 5.92 Å².